The van der Waals surface area contributed by atoms with Gasteiger partial charge in [0.2, 0.25) is 0 Å². The molecule has 0 aliphatic carbocycles. The Balaban J connectivity index is 2.22. The number of amides is 1. The number of carboxylic acid groups (broad SMARTS) is 1. The average molecular weight is 305 g/mol. The third-order valence-electron chi connectivity index (χ3n) is 4.34. The maximum Gasteiger partial charge on any atom is 0.308 e. The number of carbonyl (C=O) groups is 2. The summed E-state index contributed by atoms with van der Waals surface area (Å²) in [5.41, 5.74) is 1.24. The molecule has 0 bridgehead atoms. The molecule has 1 N–H and O–H groups in total. The van der Waals surface area contributed by atoms with Crippen molar-refractivity contribution in [3.8, 4) is 0 Å². The molecule has 1 amide bonds. The van der Waals surface area contributed by atoms with Crippen molar-refractivity contribution in [3.05, 3.63) is 23.8 Å². The van der Waals surface area contributed by atoms with Crippen LogP contribution < -0.4 is 0 Å². The van der Waals surface area contributed by atoms with Gasteiger partial charge in [0.05, 0.1) is 17.2 Å². The molecular weight excluding hydrogens is 282 g/mol. The molecule has 1 aliphatic heterocycles. The highest BCUT2D eigenvalue weighted by Crippen LogP contribution is 2.31. The van der Waals surface area contributed by atoms with E-state index in [4.69, 9.17) is 0 Å². The summed E-state index contributed by atoms with van der Waals surface area (Å²) in [6.07, 6.45) is 4.60. The van der Waals surface area contributed by atoms with Gasteiger partial charge in [-0.1, -0.05) is 27.2 Å². The molecule has 2 heterocycles. The molecule has 0 radical (unpaired) electrons. The van der Waals surface area contributed by atoms with Gasteiger partial charge >= 0.3 is 5.97 Å². The second kappa shape index (κ2) is 6.85. The Morgan fingerprint density at radius 1 is 1.41 bits per heavy atom. The van der Waals surface area contributed by atoms with Crippen LogP contribution in [0.2, 0.25) is 0 Å². The highest BCUT2D eigenvalue weighted by atomic mass is 16.4. The Kier molecular flexibility index (Phi) is 5.11. The van der Waals surface area contributed by atoms with E-state index in [0.29, 0.717) is 18.5 Å². The first kappa shape index (κ1) is 16.4. The summed E-state index contributed by atoms with van der Waals surface area (Å²) in [6, 6.07) is 0. The molecule has 6 nitrogen and oxygen atoms in total. The van der Waals surface area contributed by atoms with E-state index in [1.165, 1.54) is 6.33 Å². The summed E-state index contributed by atoms with van der Waals surface area (Å²) in [6.45, 7) is 6.78. The number of rotatable bonds is 5. The molecule has 2 rings (SSSR count). The van der Waals surface area contributed by atoms with Crippen LogP contribution >= 0.6 is 0 Å². The molecule has 0 spiro atoms. The molecule has 22 heavy (non-hydrogen) atoms. The SMILES string of the molecule is CCCc1ncncc1C(=O)N1C[C@@H](C(=O)O)[C@H](C(C)C)C1. The van der Waals surface area contributed by atoms with Crippen LogP contribution in [0.4, 0.5) is 0 Å². The lowest BCUT2D eigenvalue weighted by molar-refractivity contribution is -0.142. The van der Waals surface area contributed by atoms with E-state index in [1.54, 1.807) is 11.1 Å². The highest BCUT2D eigenvalue weighted by molar-refractivity contribution is 5.95. The Labute approximate surface area is 130 Å². The van der Waals surface area contributed by atoms with E-state index in [2.05, 4.69) is 9.97 Å². The lowest BCUT2D eigenvalue weighted by atomic mass is 9.86. The third kappa shape index (κ3) is 3.26. The quantitative estimate of drug-likeness (QED) is 0.897. The smallest absolute Gasteiger partial charge is 0.308 e. The molecule has 120 valence electrons. The van der Waals surface area contributed by atoms with Crippen LogP contribution in [0, 0.1) is 17.8 Å². The number of hydrogen-bond donors (Lipinski definition) is 1. The predicted octanol–water partition coefficient (Wildman–Crippen LogP) is 1.86. The fraction of sp³-hybridized carbons (Fsp3) is 0.625. The van der Waals surface area contributed by atoms with Gasteiger partial charge in [0.15, 0.2) is 0 Å². The Bertz CT molecular complexity index is 559. The molecular formula is C16H23N3O3. The van der Waals surface area contributed by atoms with Crippen LogP contribution in [-0.4, -0.2) is 44.9 Å². The van der Waals surface area contributed by atoms with E-state index < -0.39 is 11.9 Å². The normalized spacial score (nSPS) is 21.4. The third-order valence-corrected chi connectivity index (χ3v) is 4.34. The molecule has 0 aromatic carbocycles. The molecule has 1 saturated heterocycles. The maximum atomic E-state index is 12.7. The number of likely N-dealkylation sites (tertiary alicyclic amines) is 1. The number of carboxylic acids is 1. The summed E-state index contributed by atoms with van der Waals surface area (Å²) in [5.74, 6) is -1.27. The fourth-order valence-electron chi connectivity index (χ4n) is 3.07. The van der Waals surface area contributed by atoms with Crippen LogP contribution in [0.5, 0.6) is 0 Å². The van der Waals surface area contributed by atoms with Crippen molar-refractivity contribution in [2.45, 2.75) is 33.6 Å². The van der Waals surface area contributed by atoms with E-state index in [0.717, 1.165) is 12.1 Å². The summed E-state index contributed by atoms with van der Waals surface area (Å²) in [7, 11) is 0. The van der Waals surface area contributed by atoms with Gasteiger partial charge in [-0.2, -0.15) is 0 Å². The van der Waals surface area contributed by atoms with E-state index in [1.807, 2.05) is 20.8 Å². The lowest BCUT2D eigenvalue weighted by Gasteiger charge is -2.19. The van der Waals surface area contributed by atoms with E-state index in [9.17, 15) is 14.7 Å². The molecule has 6 heteroatoms. The zero-order valence-electron chi connectivity index (χ0n) is 13.3. The standard InChI is InChI=1S/C16H23N3O3/c1-4-5-14-11(6-17-9-18-14)15(20)19-7-12(10(2)3)13(8-19)16(21)22/h6,9-10,12-13H,4-5,7-8H2,1-3H3,(H,21,22)/t12-,13+/m0/s1. The Morgan fingerprint density at radius 2 is 2.14 bits per heavy atom. The molecule has 0 saturated carbocycles. The van der Waals surface area contributed by atoms with Crippen molar-refractivity contribution < 1.29 is 14.7 Å². The largest absolute Gasteiger partial charge is 0.481 e. The zero-order chi connectivity index (χ0) is 16.3. The summed E-state index contributed by atoms with van der Waals surface area (Å²) in [4.78, 5) is 33.9. The molecule has 1 aromatic heterocycles. The zero-order valence-corrected chi connectivity index (χ0v) is 13.3. The molecule has 1 fully saturated rings. The average Bonchev–Trinajstić information content (AvgIpc) is 2.93. The fourth-order valence-corrected chi connectivity index (χ4v) is 3.07. The maximum absolute atomic E-state index is 12.7. The second-order valence-corrected chi connectivity index (χ2v) is 6.20. The van der Waals surface area contributed by atoms with Gasteiger partial charge in [0.25, 0.3) is 5.91 Å². The Morgan fingerprint density at radius 3 is 2.68 bits per heavy atom. The van der Waals surface area contributed by atoms with Crippen LogP contribution in [0.1, 0.15) is 43.2 Å². The first-order chi connectivity index (χ1) is 10.5. The lowest BCUT2D eigenvalue weighted by Crippen LogP contribution is -2.31. The number of nitrogens with zero attached hydrogens (tertiary/aromatic N) is 3. The number of carbonyl (C=O) groups excluding carboxylic acids is 1. The molecule has 1 aliphatic rings. The van der Waals surface area contributed by atoms with E-state index in [-0.39, 0.29) is 24.3 Å². The molecule has 1 aromatic rings. The van der Waals surface area contributed by atoms with Crippen LogP contribution in [0.25, 0.3) is 0 Å². The Hall–Kier alpha value is -1.98. The summed E-state index contributed by atoms with van der Waals surface area (Å²) >= 11 is 0. The minimum Gasteiger partial charge on any atom is -0.481 e. The first-order valence-electron chi connectivity index (χ1n) is 7.76. The number of aryl methyl sites for hydroxylation is 1. The minimum absolute atomic E-state index is 0.0132. The topological polar surface area (TPSA) is 83.4 Å². The van der Waals surface area contributed by atoms with Crippen LogP contribution in [-0.2, 0) is 11.2 Å². The summed E-state index contributed by atoms with van der Waals surface area (Å²) in [5, 5.41) is 9.38. The van der Waals surface area contributed by atoms with Gasteiger partial charge in [-0.25, -0.2) is 9.97 Å². The first-order valence-corrected chi connectivity index (χ1v) is 7.76. The van der Waals surface area contributed by atoms with Crippen molar-refractivity contribution >= 4 is 11.9 Å². The minimum atomic E-state index is -0.827. The molecule has 2 atom stereocenters. The van der Waals surface area contributed by atoms with Gasteiger partial charge in [-0.05, 0) is 18.3 Å². The van der Waals surface area contributed by atoms with Gasteiger partial charge in [0.1, 0.15) is 6.33 Å². The van der Waals surface area contributed by atoms with Gasteiger partial charge in [-0.3, -0.25) is 9.59 Å². The monoisotopic (exact) mass is 305 g/mol. The van der Waals surface area contributed by atoms with Crippen molar-refractivity contribution in [2.24, 2.45) is 17.8 Å². The predicted molar refractivity (Wildman–Crippen MR) is 81.4 cm³/mol. The highest BCUT2D eigenvalue weighted by Gasteiger charge is 2.41. The van der Waals surface area contributed by atoms with Crippen LogP contribution in [0.15, 0.2) is 12.5 Å². The van der Waals surface area contributed by atoms with Crippen molar-refractivity contribution in [1.82, 2.24) is 14.9 Å². The van der Waals surface area contributed by atoms with Gasteiger partial charge < -0.3 is 10.0 Å². The number of aliphatic carboxylic acids is 1. The second-order valence-electron chi connectivity index (χ2n) is 6.20. The van der Waals surface area contributed by atoms with Gasteiger partial charge in [-0.15, -0.1) is 0 Å². The van der Waals surface area contributed by atoms with Crippen LogP contribution in [0.3, 0.4) is 0 Å². The molecule has 0 unspecified atom stereocenters. The van der Waals surface area contributed by atoms with Crippen molar-refractivity contribution in [3.63, 3.8) is 0 Å². The van der Waals surface area contributed by atoms with Gasteiger partial charge in [0, 0.05) is 19.3 Å². The van der Waals surface area contributed by atoms with E-state index >= 15 is 0 Å². The number of aromatic nitrogens is 2. The summed E-state index contributed by atoms with van der Waals surface area (Å²) < 4.78 is 0. The van der Waals surface area contributed by atoms with Crippen molar-refractivity contribution in [1.29, 1.82) is 0 Å². The number of hydrogen-bond acceptors (Lipinski definition) is 4. The van der Waals surface area contributed by atoms with Crippen molar-refractivity contribution in [2.75, 3.05) is 13.1 Å².